The normalized spacial score (nSPS) is 12.0. The first-order valence-corrected chi connectivity index (χ1v) is 12.1. The van der Waals surface area contributed by atoms with Crippen LogP contribution in [0.25, 0.3) is 21.3 Å². The van der Waals surface area contributed by atoms with Crippen LogP contribution in [0.4, 0.5) is 15.2 Å². The highest BCUT2D eigenvalue weighted by atomic mass is 32.1. The van der Waals surface area contributed by atoms with E-state index in [0.29, 0.717) is 17.1 Å². The third-order valence-corrected chi connectivity index (χ3v) is 6.54. The standard InChI is InChI=1S/C27H26FN3O3S/c1-15(2)12-23(26(33)34)30-25(32)21-10-6-18(13-16(21)3)17-4-8-20(9-5-17)29-27-31-22-11-7-19(28)14-24(22)35-27/h4-11,13-15,23H,12H2,1-3H3,(H,29,31)(H,30,32)(H,33,34)/t23-/m0/s1. The molecule has 1 atom stereocenters. The molecule has 3 N–H and O–H groups in total. The summed E-state index contributed by atoms with van der Waals surface area (Å²) in [4.78, 5) is 28.7. The Morgan fingerprint density at radius 1 is 1.03 bits per heavy atom. The number of hydrogen-bond donors (Lipinski definition) is 3. The summed E-state index contributed by atoms with van der Waals surface area (Å²) < 4.78 is 14.2. The van der Waals surface area contributed by atoms with Crippen LogP contribution in [-0.2, 0) is 4.79 Å². The lowest BCUT2D eigenvalue weighted by Gasteiger charge is -2.17. The van der Waals surface area contributed by atoms with Gasteiger partial charge in [-0.2, -0.15) is 0 Å². The maximum atomic E-state index is 13.4. The number of hydrogen-bond acceptors (Lipinski definition) is 5. The number of carbonyl (C=O) groups is 2. The van der Waals surface area contributed by atoms with Crippen molar-refractivity contribution < 1.29 is 19.1 Å². The van der Waals surface area contributed by atoms with E-state index in [1.54, 1.807) is 12.1 Å². The van der Waals surface area contributed by atoms with Gasteiger partial charge in [-0.25, -0.2) is 14.2 Å². The summed E-state index contributed by atoms with van der Waals surface area (Å²) >= 11 is 1.39. The average Bonchev–Trinajstić information content (AvgIpc) is 3.19. The second-order valence-electron chi connectivity index (χ2n) is 8.86. The van der Waals surface area contributed by atoms with Gasteiger partial charge in [0.2, 0.25) is 0 Å². The number of nitrogens with zero attached hydrogens (tertiary/aromatic N) is 1. The number of aryl methyl sites for hydroxylation is 1. The minimum atomic E-state index is -1.03. The number of rotatable bonds is 8. The molecule has 0 bridgehead atoms. The van der Waals surface area contributed by atoms with E-state index in [9.17, 15) is 19.1 Å². The maximum absolute atomic E-state index is 13.4. The molecule has 180 valence electrons. The van der Waals surface area contributed by atoms with E-state index in [-0.39, 0.29) is 11.7 Å². The van der Waals surface area contributed by atoms with Gasteiger partial charge in [-0.1, -0.05) is 49.4 Å². The Morgan fingerprint density at radius 3 is 2.40 bits per heavy atom. The number of nitrogens with one attached hydrogen (secondary N) is 2. The lowest BCUT2D eigenvalue weighted by Crippen LogP contribution is -2.41. The smallest absolute Gasteiger partial charge is 0.326 e. The summed E-state index contributed by atoms with van der Waals surface area (Å²) in [6, 6.07) is 16.9. The molecule has 0 radical (unpaired) electrons. The molecule has 0 fully saturated rings. The first-order valence-electron chi connectivity index (χ1n) is 11.3. The second kappa shape index (κ2) is 10.2. The fourth-order valence-electron chi connectivity index (χ4n) is 3.85. The van der Waals surface area contributed by atoms with E-state index in [1.165, 1.54) is 23.5 Å². The zero-order valence-electron chi connectivity index (χ0n) is 19.6. The Labute approximate surface area is 206 Å². The number of anilines is 2. The molecule has 8 heteroatoms. The molecule has 1 aromatic heterocycles. The third-order valence-electron chi connectivity index (χ3n) is 5.60. The van der Waals surface area contributed by atoms with E-state index in [1.807, 2.05) is 57.2 Å². The molecule has 0 saturated carbocycles. The highest BCUT2D eigenvalue weighted by molar-refractivity contribution is 7.22. The van der Waals surface area contributed by atoms with Crippen LogP contribution in [-0.4, -0.2) is 28.0 Å². The van der Waals surface area contributed by atoms with Gasteiger partial charge in [-0.15, -0.1) is 0 Å². The topological polar surface area (TPSA) is 91.3 Å². The maximum Gasteiger partial charge on any atom is 0.326 e. The van der Waals surface area contributed by atoms with Gasteiger partial charge in [0.15, 0.2) is 5.13 Å². The highest BCUT2D eigenvalue weighted by Crippen LogP contribution is 2.30. The molecule has 1 heterocycles. The van der Waals surface area contributed by atoms with E-state index in [0.717, 1.165) is 32.6 Å². The van der Waals surface area contributed by atoms with E-state index in [2.05, 4.69) is 15.6 Å². The van der Waals surface area contributed by atoms with Crippen LogP contribution in [0.2, 0.25) is 0 Å². The van der Waals surface area contributed by atoms with E-state index >= 15 is 0 Å². The number of carboxylic acids is 1. The number of carbonyl (C=O) groups excluding carboxylic acids is 1. The van der Waals surface area contributed by atoms with Crippen molar-refractivity contribution in [3.8, 4) is 11.1 Å². The zero-order valence-corrected chi connectivity index (χ0v) is 20.4. The van der Waals surface area contributed by atoms with E-state index < -0.39 is 17.9 Å². The molecule has 3 aromatic carbocycles. The predicted molar refractivity (Wildman–Crippen MR) is 138 cm³/mol. The van der Waals surface area contributed by atoms with Gasteiger partial charge < -0.3 is 15.7 Å². The van der Waals surface area contributed by atoms with Crippen LogP contribution in [0.5, 0.6) is 0 Å². The van der Waals surface area contributed by atoms with Gasteiger partial charge in [0, 0.05) is 11.3 Å². The van der Waals surface area contributed by atoms with Gasteiger partial charge in [0.05, 0.1) is 10.2 Å². The fourth-order valence-corrected chi connectivity index (χ4v) is 4.76. The number of benzene rings is 3. The monoisotopic (exact) mass is 491 g/mol. The molecular formula is C27H26FN3O3S. The van der Waals surface area contributed by atoms with Crippen LogP contribution in [0.3, 0.4) is 0 Å². The minimum absolute atomic E-state index is 0.148. The summed E-state index contributed by atoms with van der Waals surface area (Å²) in [5.74, 6) is -1.56. The molecule has 6 nitrogen and oxygen atoms in total. The van der Waals surface area contributed by atoms with Crippen molar-refractivity contribution >= 4 is 44.2 Å². The van der Waals surface area contributed by atoms with Crippen molar-refractivity contribution in [2.24, 2.45) is 5.92 Å². The summed E-state index contributed by atoms with van der Waals surface area (Å²) in [5.41, 5.74) is 4.73. The Morgan fingerprint density at radius 2 is 1.74 bits per heavy atom. The molecule has 0 spiro atoms. The van der Waals surface area contributed by atoms with Gasteiger partial charge in [0.1, 0.15) is 11.9 Å². The van der Waals surface area contributed by atoms with Crippen molar-refractivity contribution in [1.82, 2.24) is 10.3 Å². The molecule has 0 aliphatic carbocycles. The summed E-state index contributed by atoms with van der Waals surface area (Å²) in [6.07, 6.45) is 0.368. The molecule has 1 amide bonds. The molecule has 4 aromatic rings. The number of thiazole rings is 1. The van der Waals surface area contributed by atoms with Crippen molar-refractivity contribution in [2.75, 3.05) is 5.32 Å². The summed E-state index contributed by atoms with van der Waals surface area (Å²) in [6.45, 7) is 5.68. The van der Waals surface area contributed by atoms with Crippen molar-refractivity contribution in [3.63, 3.8) is 0 Å². The van der Waals surface area contributed by atoms with Crippen LogP contribution >= 0.6 is 11.3 Å². The lowest BCUT2D eigenvalue weighted by atomic mass is 9.98. The van der Waals surface area contributed by atoms with Crippen LogP contribution in [0, 0.1) is 18.7 Å². The SMILES string of the molecule is Cc1cc(-c2ccc(Nc3nc4ccc(F)cc4s3)cc2)ccc1C(=O)N[C@@H](CC(C)C)C(=O)O. The fraction of sp³-hybridized carbons (Fsp3) is 0.222. The van der Waals surface area contributed by atoms with Crippen LogP contribution in [0.15, 0.2) is 60.7 Å². The number of halogens is 1. The van der Waals surface area contributed by atoms with Crippen molar-refractivity contribution in [2.45, 2.75) is 33.2 Å². The minimum Gasteiger partial charge on any atom is -0.480 e. The highest BCUT2D eigenvalue weighted by Gasteiger charge is 2.22. The van der Waals surface area contributed by atoms with Gasteiger partial charge >= 0.3 is 5.97 Å². The quantitative estimate of drug-likeness (QED) is 0.266. The molecule has 35 heavy (non-hydrogen) atoms. The second-order valence-corrected chi connectivity index (χ2v) is 9.89. The number of amides is 1. The van der Waals surface area contributed by atoms with E-state index in [4.69, 9.17) is 0 Å². The summed E-state index contributed by atoms with van der Waals surface area (Å²) in [5, 5.41) is 16.0. The number of aliphatic carboxylic acids is 1. The number of fused-ring (bicyclic) bond motifs is 1. The number of aromatic nitrogens is 1. The predicted octanol–water partition coefficient (Wildman–Crippen LogP) is 6.38. The van der Waals surface area contributed by atoms with Crippen LogP contribution < -0.4 is 10.6 Å². The largest absolute Gasteiger partial charge is 0.480 e. The van der Waals surface area contributed by atoms with Crippen molar-refractivity contribution in [3.05, 3.63) is 77.6 Å². The molecule has 0 aliphatic heterocycles. The number of carboxylic acid groups (broad SMARTS) is 1. The zero-order chi connectivity index (χ0) is 25.1. The van der Waals surface area contributed by atoms with Gasteiger partial charge in [-0.3, -0.25) is 4.79 Å². The lowest BCUT2D eigenvalue weighted by molar-refractivity contribution is -0.139. The Kier molecular flexibility index (Phi) is 7.12. The Balaban J connectivity index is 1.46. The van der Waals surface area contributed by atoms with Gasteiger partial charge in [-0.05, 0) is 72.4 Å². The Bertz CT molecular complexity index is 1380. The molecule has 0 saturated heterocycles. The van der Waals surface area contributed by atoms with Crippen LogP contribution in [0.1, 0.15) is 36.2 Å². The molecular weight excluding hydrogens is 465 g/mol. The van der Waals surface area contributed by atoms with Gasteiger partial charge in [0.25, 0.3) is 5.91 Å². The van der Waals surface area contributed by atoms with Crippen molar-refractivity contribution in [1.29, 1.82) is 0 Å². The third kappa shape index (κ3) is 5.84. The first-order chi connectivity index (χ1) is 16.7. The first kappa shape index (κ1) is 24.3. The Hall–Kier alpha value is -3.78. The average molecular weight is 492 g/mol. The molecule has 0 aliphatic rings. The molecule has 0 unspecified atom stereocenters. The summed E-state index contributed by atoms with van der Waals surface area (Å²) in [7, 11) is 0. The molecule has 4 rings (SSSR count).